The molecule has 0 fully saturated rings. The number of sulfone groups is 1. The Hall–Kier alpha value is -2.58. The van der Waals surface area contributed by atoms with Crippen LogP contribution in [0.1, 0.15) is 32.8 Å². The van der Waals surface area contributed by atoms with E-state index < -0.39 is 21.8 Å². The molecule has 1 aromatic carbocycles. The molecule has 3 N–H and O–H groups in total. The summed E-state index contributed by atoms with van der Waals surface area (Å²) in [7, 11) is -3.34. The first-order valence-electron chi connectivity index (χ1n) is 9.55. The molecule has 0 aliphatic rings. The Morgan fingerprint density at radius 1 is 1.27 bits per heavy atom. The third kappa shape index (κ3) is 11.4. The minimum atomic E-state index is -3.34. The van der Waals surface area contributed by atoms with Gasteiger partial charge in [-0.1, -0.05) is 23.3 Å². The molecule has 0 unspecified atom stereocenters. The third-order valence-corrected chi connectivity index (χ3v) is 4.56. The summed E-state index contributed by atoms with van der Waals surface area (Å²) in [5.74, 6) is -0.166. The van der Waals surface area contributed by atoms with E-state index in [1.54, 1.807) is 24.3 Å². The van der Waals surface area contributed by atoms with Gasteiger partial charge < -0.3 is 20.3 Å². The number of ether oxygens (including phenoxy) is 1. The number of phenolic OH excluding ortho intramolecular Hbond substituents is 1. The summed E-state index contributed by atoms with van der Waals surface area (Å²) in [6.07, 6.45) is 6.09. The topological polar surface area (TPSA) is 113 Å². The maximum Gasteiger partial charge on any atom is 0.244 e. The van der Waals surface area contributed by atoms with Crippen molar-refractivity contribution in [2.24, 2.45) is 0 Å². The standard InChI is InChI=1S/C22H31NO6S/c1-16(2)13-19(24)14-17(3)8-11-29-21-6-5-18(15-20(21)25)7-10-23-22(26)9-12-30(4,27)28/h5-6,8-9,12-13,15,19,24-25H,7,10-11,14H2,1-4H3,(H,23,26)/b12-9+,17-8+/t19-/m0/s1. The Balaban J connectivity index is 2.50. The van der Waals surface area contributed by atoms with Crippen molar-refractivity contribution in [2.75, 3.05) is 19.4 Å². The number of hydrogen-bond acceptors (Lipinski definition) is 6. The fourth-order valence-corrected chi connectivity index (χ4v) is 2.92. The summed E-state index contributed by atoms with van der Waals surface area (Å²) in [5.41, 5.74) is 2.84. The lowest BCUT2D eigenvalue weighted by molar-refractivity contribution is -0.116. The van der Waals surface area contributed by atoms with E-state index >= 15 is 0 Å². The number of nitrogens with one attached hydrogen (secondary N) is 1. The second-order valence-corrected chi connectivity index (χ2v) is 9.28. The Morgan fingerprint density at radius 3 is 2.57 bits per heavy atom. The minimum absolute atomic E-state index is 0.00794. The fraction of sp³-hybridized carbons (Fsp3) is 0.409. The van der Waals surface area contributed by atoms with E-state index in [0.717, 1.165) is 34.4 Å². The van der Waals surface area contributed by atoms with Crippen LogP contribution in [0.2, 0.25) is 0 Å². The van der Waals surface area contributed by atoms with Crippen LogP contribution >= 0.6 is 0 Å². The largest absolute Gasteiger partial charge is 0.504 e. The molecule has 166 valence electrons. The van der Waals surface area contributed by atoms with Gasteiger partial charge in [-0.05, 0) is 57.4 Å². The number of rotatable bonds is 11. The summed E-state index contributed by atoms with van der Waals surface area (Å²) in [6.45, 7) is 6.34. The molecule has 0 aliphatic heterocycles. The van der Waals surface area contributed by atoms with Crippen molar-refractivity contribution in [3.63, 3.8) is 0 Å². The first-order valence-corrected chi connectivity index (χ1v) is 11.5. The molecule has 0 spiro atoms. The van der Waals surface area contributed by atoms with Crippen molar-refractivity contribution in [3.8, 4) is 11.5 Å². The van der Waals surface area contributed by atoms with Gasteiger partial charge in [0, 0.05) is 24.3 Å². The number of benzene rings is 1. The van der Waals surface area contributed by atoms with E-state index in [2.05, 4.69) is 5.32 Å². The molecule has 0 bridgehead atoms. The van der Waals surface area contributed by atoms with Gasteiger partial charge in [0.2, 0.25) is 5.91 Å². The monoisotopic (exact) mass is 437 g/mol. The van der Waals surface area contributed by atoms with Gasteiger partial charge in [-0.25, -0.2) is 8.42 Å². The van der Waals surface area contributed by atoms with Crippen LogP contribution in [-0.4, -0.2) is 50.0 Å². The van der Waals surface area contributed by atoms with Gasteiger partial charge in [-0.3, -0.25) is 4.79 Å². The van der Waals surface area contributed by atoms with Crippen molar-refractivity contribution >= 4 is 15.7 Å². The first-order chi connectivity index (χ1) is 14.0. The average Bonchev–Trinajstić information content (AvgIpc) is 2.60. The minimum Gasteiger partial charge on any atom is -0.504 e. The van der Waals surface area contributed by atoms with E-state index in [4.69, 9.17) is 4.74 Å². The quantitative estimate of drug-likeness (QED) is 0.362. The molecule has 1 aromatic rings. The summed E-state index contributed by atoms with van der Waals surface area (Å²) < 4.78 is 27.5. The van der Waals surface area contributed by atoms with Crippen molar-refractivity contribution in [3.05, 3.63) is 58.5 Å². The molecule has 0 aliphatic carbocycles. The maximum atomic E-state index is 11.5. The number of allylic oxidation sites excluding steroid dienone is 1. The van der Waals surface area contributed by atoms with Gasteiger partial charge in [-0.15, -0.1) is 0 Å². The lowest BCUT2D eigenvalue weighted by Gasteiger charge is -2.10. The molecule has 0 saturated heterocycles. The van der Waals surface area contributed by atoms with E-state index in [-0.39, 0.29) is 12.4 Å². The van der Waals surface area contributed by atoms with Gasteiger partial charge in [0.1, 0.15) is 6.61 Å². The SMILES string of the molecule is CC(C)=C[C@H](O)C/C(C)=C/COc1ccc(CCNC(=O)/C=C/S(C)(=O)=O)cc1O. The van der Waals surface area contributed by atoms with Crippen LogP contribution < -0.4 is 10.1 Å². The molecule has 1 rings (SSSR count). The normalized spacial score (nSPS) is 13.2. The molecule has 0 heterocycles. The summed E-state index contributed by atoms with van der Waals surface area (Å²) in [4.78, 5) is 11.5. The van der Waals surface area contributed by atoms with Gasteiger partial charge in [0.25, 0.3) is 0 Å². The maximum absolute atomic E-state index is 11.5. The fourth-order valence-electron chi connectivity index (χ4n) is 2.55. The third-order valence-electron chi connectivity index (χ3n) is 3.93. The molecule has 1 atom stereocenters. The number of hydrogen-bond donors (Lipinski definition) is 3. The molecule has 1 amide bonds. The van der Waals surface area contributed by atoms with Crippen LogP contribution in [0, 0.1) is 0 Å². The van der Waals surface area contributed by atoms with E-state index in [9.17, 15) is 23.4 Å². The van der Waals surface area contributed by atoms with E-state index in [1.165, 1.54) is 0 Å². The highest BCUT2D eigenvalue weighted by Crippen LogP contribution is 2.27. The highest BCUT2D eigenvalue weighted by molar-refractivity contribution is 7.93. The molecule has 0 saturated carbocycles. The number of carbonyl (C=O) groups excluding carboxylic acids is 1. The van der Waals surface area contributed by atoms with Crippen molar-refractivity contribution < 1.29 is 28.2 Å². The second-order valence-electron chi connectivity index (χ2n) is 7.35. The smallest absolute Gasteiger partial charge is 0.244 e. The number of aromatic hydroxyl groups is 1. The molecule has 0 radical (unpaired) electrons. The number of aliphatic hydroxyl groups excluding tert-OH is 1. The van der Waals surface area contributed by atoms with Gasteiger partial charge in [0.05, 0.1) is 6.10 Å². The molecule has 30 heavy (non-hydrogen) atoms. The highest BCUT2D eigenvalue weighted by Gasteiger charge is 2.06. The van der Waals surface area contributed by atoms with Crippen molar-refractivity contribution in [1.82, 2.24) is 5.32 Å². The van der Waals surface area contributed by atoms with Crippen LogP contribution in [0.4, 0.5) is 0 Å². The zero-order chi connectivity index (χ0) is 22.7. The molecule has 8 heteroatoms. The molecule has 7 nitrogen and oxygen atoms in total. The lowest BCUT2D eigenvalue weighted by atomic mass is 10.1. The number of amides is 1. The summed E-state index contributed by atoms with van der Waals surface area (Å²) >= 11 is 0. The highest BCUT2D eigenvalue weighted by atomic mass is 32.2. The van der Waals surface area contributed by atoms with Gasteiger partial charge in [0.15, 0.2) is 21.3 Å². The number of phenols is 1. The molecular formula is C22H31NO6S. The Kier molecular flexibility index (Phi) is 10.3. The zero-order valence-electron chi connectivity index (χ0n) is 17.9. The van der Waals surface area contributed by atoms with E-state index in [1.807, 2.05) is 26.8 Å². The van der Waals surface area contributed by atoms with Gasteiger partial charge >= 0.3 is 0 Å². The second kappa shape index (κ2) is 12.2. The van der Waals surface area contributed by atoms with Crippen molar-refractivity contribution in [1.29, 1.82) is 0 Å². The van der Waals surface area contributed by atoms with Crippen LogP contribution in [0.25, 0.3) is 0 Å². The number of aliphatic hydroxyl groups is 1. The predicted molar refractivity (Wildman–Crippen MR) is 118 cm³/mol. The lowest BCUT2D eigenvalue weighted by Crippen LogP contribution is -2.23. The molecule has 0 aromatic heterocycles. The van der Waals surface area contributed by atoms with Crippen molar-refractivity contribution in [2.45, 2.75) is 39.7 Å². The first kappa shape index (κ1) is 25.5. The average molecular weight is 438 g/mol. The summed E-state index contributed by atoms with van der Waals surface area (Å²) in [5, 5.41) is 23.4. The molecular weight excluding hydrogens is 406 g/mol. The summed E-state index contributed by atoms with van der Waals surface area (Å²) in [6, 6.07) is 4.99. The Morgan fingerprint density at radius 2 is 1.97 bits per heavy atom. The van der Waals surface area contributed by atoms with E-state index in [0.29, 0.717) is 25.1 Å². The zero-order valence-corrected chi connectivity index (χ0v) is 18.7. The van der Waals surface area contributed by atoms with Crippen LogP contribution in [0.15, 0.2) is 53.0 Å². The number of carbonyl (C=O) groups is 1. The van der Waals surface area contributed by atoms with Crippen LogP contribution in [0.5, 0.6) is 11.5 Å². The Bertz CT molecular complexity index is 912. The Labute approximate surface area is 178 Å². The predicted octanol–water partition coefficient (Wildman–Crippen LogP) is 2.65. The van der Waals surface area contributed by atoms with Gasteiger partial charge in [-0.2, -0.15) is 0 Å². The van der Waals surface area contributed by atoms with Crippen LogP contribution in [-0.2, 0) is 21.1 Å². The van der Waals surface area contributed by atoms with Crippen LogP contribution in [0.3, 0.4) is 0 Å².